The topological polar surface area (TPSA) is 49.7 Å². The molecule has 0 heterocycles. The maximum atomic E-state index is 14.6. The molecule has 6 heteroatoms. The fourth-order valence-corrected chi connectivity index (χ4v) is 2.90. The number of halogens is 2. The van der Waals surface area contributed by atoms with Crippen LogP contribution in [0.2, 0.25) is 0 Å². The Labute approximate surface area is 133 Å². The Balaban J connectivity index is 1.98. The van der Waals surface area contributed by atoms with E-state index in [-0.39, 0.29) is 23.2 Å². The Hall–Kier alpha value is -1.92. The quantitative estimate of drug-likeness (QED) is 0.561. The first kappa shape index (κ1) is 16.0. The largest absolute Gasteiger partial charge is 0.491 e. The van der Waals surface area contributed by atoms with Crippen molar-refractivity contribution in [3.63, 3.8) is 0 Å². The smallest absolute Gasteiger partial charge is 0.491 e. The standard InChI is InChI=1S/C17H17BF2O3/c1-2-3-8-23-15-7-5-11-10-4-6-14(18(21)22)16(19)12(10)9-13(11)17(15)20/h4-7,21-22H,2-3,8-9H2,1H3. The number of hydrogen-bond donors (Lipinski definition) is 2. The fourth-order valence-electron chi connectivity index (χ4n) is 2.90. The zero-order valence-electron chi connectivity index (χ0n) is 12.8. The van der Waals surface area contributed by atoms with Gasteiger partial charge in [-0.25, -0.2) is 8.78 Å². The molecule has 2 N–H and O–H groups in total. The highest BCUT2D eigenvalue weighted by atomic mass is 19.1. The van der Waals surface area contributed by atoms with Crippen molar-refractivity contribution in [2.45, 2.75) is 26.2 Å². The van der Waals surface area contributed by atoms with Crippen LogP contribution in [0.15, 0.2) is 24.3 Å². The highest BCUT2D eigenvalue weighted by Gasteiger charge is 2.29. The molecule has 3 nitrogen and oxygen atoms in total. The molecule has 0 aliphatic heterocycles. The van der Waals surface area contributed by atoms with E-state index in [2.05, 4.69) is 0 Å². The summed E-state index contributed by atoms with van der Waals surface area (Å²) in [5.74, 6) is -0.991. The summed E-state index contributed by atoms with van der Waals surface area (Å²) in [5, 5.41) is 18.4. The van der Waals surface area contributed by atoms with E-state index in [0.29, 0.717) is 23.3 Å². The summed E-state index contributed by atoms with van der Waals surface area (Å²) in [6.07, 6.45) is 1.87. The van der Waals surface area contributed by atoms with Gasteiger partial charge in [0.2, 0.25) is 0 Å². The Kier molecular flexibility index (Phi) is 4.37. The van der Waals surface area contributed by atoms with Gasteiger partial charge in [0.15, 0.2) is 11.6 Å². The lowest BCUT2D eigenvalue weighted by molar-refractivity contribution is 0.293. The normalized spacial score (nSPS) is 12.0. The maximum absolute atomic E-state index is 14.6. The van der Waals surface area contributed by atoms with Crippen LogP contribution in [0.4, 0.5) is 8.78 Å². The van der Waals surface area contributed by atoms with Crippen molar-refractivity contribution in [2.24, 2.45) is 0 Å². The molecule has 0 saturated carbocycles. The molecule has 2 aromatic rings. The Morgan fingerprint density at radius 2 is 1.70 bits per heavy atom. The summed E-state index contributed by atoms with van der Waals surface area (Å²) >= 11 is 0. The van der Waals surface area contributed by atoms with E-state index in [0.717, 1.165) is 12.8 Å². The monoisotopic (exact) mass is 318 g/mol. The van der Waals surface area contributed by atoms with Gasteiger partial charge in [0.25, 0.3) is 0 Å². The minimum Gasteiger partial charge on any atom is -0.491 e. The summed E-state index contributed by atoms with van der Waals surface area (Å²) in [5.41, 5.74) is 1.68. The molecular weight excluding hydrogens is 301 g/mol. The number of benzene rings is 2. The van der Waals surface area contributed by atoms with Crippen molar-refractivity contribution in [3.8, 4) is 16.9 Å². The predicted molar refractivity (Wildman–Crippen MR) is 84.8 cm³/mol. The number of unbranched alkanes of at least 4 members (excludes halogenated alkanes) is 1. The van der Waals surface area contributed by atoms with Crippen molar-refractivity contribution in [1.29, 1.82) is 0 Å². The van der Waals surface area contributed by atoms with E-state index in [4.69, 9.17) is 4.74 Å². The van der Waals surface area contributed by atoms with Crippen LogP contribution in [0.25, 0.3) is 11.1 Å². The molecule has 23 heavy (non-hydrogen) atoms. The van der Waals surface area contributed by atoms with Gasteiger partial charge in [0.05, 0.1) is 6.61 Å². The molecule has 3 rings (SSSR count). The first-order chi connectivity index (χ1) is 11.0. The lowest BCUT2D eigenvalue weighted by atomic mass is 9.78. The number of fused-ring (bicyclic) bond motifs is 3. The lowest BCUT2D eigenvalue weighted by Gasteiger charge is -2.10. The maximum Gasteiger partial charge on any atom is 0.491 e. The van der Waals surface area contributed by atoms with Crippen LogP contribution in [0.3, 0.4) is 0 Å². The molecular formula is C17H17BF2O3. The Morgan fingerprint density at radius 1 is 1.04 bits per heavy atom. The highest BCUT2D eigenvalue weighted by molar-refractivity contribution is 6.58. The minimum absolute atomic E-state index is 0.0773. The van der Waals surface area contributed by atoms with Crippen molar-refractivity contribution in [3.05, 3.63) is 47.0 Å². The number of rotatable bonds is 5. The molecule has 0 amide bonds. The SMILES string of the molecule is CCCCOc1ccc2c(c1F)Cc1c-2ccc(B(O)O)c1F. The summed E-state index contributed by atoms with van der Waals surface area (Å²) in [4.78, 5) is 0. The molecule has 0 fully saturated rings. The first-order valence-electron chi connectivity index (χ1n) is 7.66. The van der Waals surface area contributed by atoms with Gasteiger partial charge in [0, 0.05) is 17.4 Å². The van der Waals surface area contributed by atoms with Crippen LogP contribution in [0.1, 0.15) is 30.9 Å². The van der Waals surface area contributed by atoms with Crippen molar-refractivity contribution in [1.82, 2.24) is 0 Å². The molecule has 0 radical (unpaired) electrons. The fraction of sp³-hybridized carbons (Fsp3) is 0.294. The predicted octanol–water partition coefficient (Wildman–Crippen LogP) is 2.39. The second kappa shape index (κ2) is 6.30. The van der Waals surface area contributed by atoms with E-state index < -0.39 is 18.8 Å². The molecule has 120 valence electrons. The molecule has 1 aliphatic rings. The van der Waals surface area contributed by atoms with Crippen molar-refractivity contribution < 1.29 is 23.6 Å². The van der Waals surface area contributed by atoms with Gasteiger partial charge in [-0.05, 0) is 29.2 Å². The third-order valence-corrected chi connectivity index (χ3v) is 4.16. The minimum atomic E-state index is -1.89. The molecule has 0 unspecified atom stereocenters. The zero-order chi connectivity index (χ0) is 16.6. The van der Waals surface area contributed by atoms with Gasteiger partial charge < -0.3 is 14.8 Å². The van der Waals surface area contributed by atoms with Crippen LogP contribution in [0, 0.1) is 11.6 Å². The molecule has 1 aliphatic carbocycles. The second-order valence-electron chi connectivity index (χ2n) is 5.65. The molecule has 2 aromatic carbocycles. The molecule has 0 bridgehead atoms. The van der Waals surface area contributed by atoms with E-state index >= 15 is 0 Å². The van der Waals surface area contributed by atoms with Gasteiger partial charge in [-0.1, -0.05) is 31.5 Å². The van der Waals surface area contributed by atoms with E-state index in [1.54, 1.807) is 18.2 Å². The van der Waals surface area contributed by atoms with Crippen LogP contribution < -0.4 is 10.2 Å². The molecule has 0 spiro atoms. The second-order valence-corrected chi connectivity index (χ2v) is 5.65. The highest BCUT2D eigenvalue weighted by Crippen LogP contribution is 2.41. The lowest BCUT2D eigenvalue weighted by Crippen LogP contribution is -2.33. The molecule has 0 atom stereocenters. The van der Waals surface area contributed by atoms with Gasteiger partial charge in [0.1, 0.15) is 5.82 Å². The summed E-state index contributed by atoms with van der Waals surface area (Å²) in [6, 6.07) is 6.19. The average Bonchev–Trinajstić information content (AvgIpc) is 2.90. The van der Waals surface area contributed by atoms with Gasteiger partial charge in [-0.3, -0.25) is 0 Å². The van der Waals surface area contributed by atoms with E-state index in [9.17, 15) is 18.8 Å². The van der Waals surface area contributed by atoms with Crippen molar-refractivity contribution in [2.75, 3.05) is 6.61 Å². The Morgan fingerprint density at radius 3 is 2.35 bits per heavy atom. The van der Waals surface area contributed by atoms with E-state index in [1.165, 1.54) is 6.07 Å². The van der Waals surface area contributed by atoms with Crippen LogP contribution in [0.5, 0.6) is 5.75 Å². The van der Waals surface area contributed by atoms with Gasteiger partial charge >= 0.3 is 7.12 Å². The van der Waals surface area contributed by atoms with E-state index in [1.807, 2.05) is 6.92 Å². The average molecular weight is 318 g/mol. The van der Waals surface area contributed by atoms with Crippen LogP contribution in [-0.2, 0) is 6.42 Å². The van der Waals surface area contributed by atoms with Crippen LogP contribution >= 0.6 is 0 Å². The van der Waals surface area contributed by atoms with Crippen molar-refractivity contribution >= 4 is 12.6 Å². The summed E-state index contributed by atoms with van der Waals surface area (Å²) in [7, 11) is -1.89. The third kappa shape index (κ3) is 2.73. The number of hydrogen-bond acceptors (Lipinski definition) is 3. The molecule has 0 saturated heterocycles. The Bertz CT molecular complexity index is 747. The van der Waals surface area contributed by atoms with Gasteiger partial charge in [-0.15, -0.1) is 0 Å². The molecule has 0 aromatic heterocycles. The first-order valence-corrected chi connectivity index (χ1v) is 7.66. The van der Waals surface area contributed by atoms with Crippen LogP contribution in [-0.4, -0.2) is 23.8 Å². The third-order valence-electron chi connectivity index (χ3n) is 4.16. The summed E-state index contributed by atoms with van der Waals surface area (Å²) < 4.78 is 34.5. The van der Waals surface area contributed by atoms with Gasteiger partial charge in [-0.2, -0.15) is 0 Å². The summed E-state index contributed by atoms with van der Waals surface area (Å²) in [6.45, 7) is 2.46. The zero-order valence-corrected chi connectivity index (χ0v) is 12.8. The number of ether oxygens (including phenoxy) is 1.